The van der Waals surface area contributed by atoms with Crippen LogP contribution in [0.3, 0.4) is 0 Å². The number of fused-ring (bicyclic) bond motifs is 9. The Labute approximate surface area is 350 Å². The number of nitrogens with zero attached hydrogens (tertiary/aromatic N) is 1. The molecule has 0 saturated carbocycles. The number of phenols is 1. The van der Waals surface area contributed by atoms with Crippen LogP contribution in [-0.4, -0.2) is 114 Å². The fraction of sp³-hybridized carbons (Fsp3) is 0.372. The van der Waals surface area contributed by atoms with Crippen LogP contribution in [0.1, 0.15) is 42.2 Å². The highest BCUT2D eigenvalue weighted by Gasteiger charge is 2.55. The summed E-state index contributed by atoms with van der Waals surface area (Å²) >= 11 is 6.70. The molecule has 2 aromatic rings. The summed E-state index contributed by atoms with van der Waals surface area (Å²) in [6.07, 6.45) is -1.46. The SMILES string of the molecule is C=C1Oc2cc(OC)cc(C(=O)O[C@H]3COC(=O)C[C@H](N)c4cc(O)c(c(Cl)c4)O[C@@H]4C#C/C=C/3C#CC3=CC=C[C@@]34OC3OC(C)(C)C(N(C)C)C(O)C3O)c2NC1=O. The molecule has 0 aromatic heterocycles. The van der Waals surface area contributed by atoms with Crippen molar-refractivity contribution >= 4 is 35.1 Å². The number of rotatable bonds is 6. The highest BCUT2D eigenvalue weighted by molar-refractivity contribution is 6.32. The molecule has 2 aliphatic carbocycles. The first-order valence-corrected chi connectivity index (χ1v) is 19.0. The molecule has 4 bridgehead atoms. The minimum absolute atomic E-state index is 0.0160. The molecule has 0 spiro atoms. The van der Waals surface area contributed by atoms with Crippen LogP contribution >= 0.6 is 11.6 Å². The first-order valence-electron chi connectivity index (χ1n) is 18.6. The number of ether oxygens (including phenoxy) is 7. The van der Waals surface area contributed by atoms with Gasteiger partial charge in [-0.3, -0.25) is 9.59 Å². The molecule has 6 N–H and O–H groups in total. The number of carbonyl (C=O) groups is 3. The number of allylic oxidation sites excluding steroid dienone is 3. The molecule has 16 nitrogen and oxygen atoms in total. The molecule has 314 valence electrons. The fourth-order valence-corrected chi connectivity index (χ4v) is 7.88. The van der Waals surface area contributed by atoms with Crippen LogP contribution in [0.2, 0.25) is 5.02 Å². The molecular formula is C43H42ClN3O13. The third-order valence-electron chi connectivity index (χ3n) is 10.5. The van der Waals surface area contributed by atoms with Gasteiger partial charge in [-0.15, -0.1) is 0 Å². The Morgan fingerprint density at radius 2 is 1.90 bits per heavy atom. The van der Waals surface area contributed by atoms with Crippen LogP contribution in [0.15, 0.2) is 72.1 Å². The second kappa shape index (κ2) is 16.3. The zero-order valence-corrected chi connectivity index (χ0v) is 33.9. The molecule has 8 rings (SSSR count). The fourth-order valence-electron chi connectivity index (χ4n) is 7.61. The van der Waals surface area contributed by atoms with Gasteiger partial charge in [0.1, 0.15) is 24.6 Å². The monoisotopic (exact) mass is 843 g/mol. The van der Waals surface area contributed by atoms with E-state index >= 15 is 0 Å². The van der Waals surface area contributed by atoms with Gasteiger partial charge >= 0.3 is 11.9 Å². The van der Waals surface area contributed by atoms with Crippen LogP contribution in [0, 0.1) is 23.7 Å². The van der Waals surface area contributed by atoms with E-state index in [1.165, 1.54) is 37.5 Å². The van der Waals surface area contributed by atoms with E-state index < -0.39 is 84.2 Å². The van der Waals surface area contributed by atoms with Crippen molar-refractivity contribution in [1.29, 1.82) is 0 Å². The van der Waals surface area contributed by atoms with Gasteiger partial charge in [0.05, 0.1) is 47.0 Å². The molecular weight excluding hydrogens is 802 g/mol. The van der Waals surface area contributed by atoms with Gasteiger partial charge in [-0.25, -0.2) is 4.79 Å². The highest BCUT2D eigenvalue weighted by atomic mass is 35.5. The minimum atomic E-state index is -1.80. The number of halogens is 1. The first kappa shape index (κ1) is 42.3. The first-order chi connectivity index (χ1) is 28.4. The summed E-state index contributed by atoms with van der Waals surface area (Å²) < 4.78 is 41.9. The van der Waals surface area contributed by atoms with E-state index in [9.17, 15) is 29.7 Å². The van der Waals surface area contributed by atoms with Crippen molar-refractivity contribution in [3.63, 3.8) is 0 Å². The smallest absolute Gasteiger partial charge is 0.341 e. The van der Waals surface area contributed by atoms with Crippen molar-refractivity contribution in [3.05, 3.63) is 88.2 Å². The molecule has 4 aliphatic heterocycles. The molecule has 60 heavy (non-hydrogen) atoms. The number of aliphatic hydroxyl groups excluding tert-OH is 2. The van der Waals surface area contributed by atoms with Crippen molar-refractivity contribution in [2.24, 2.45) is 5.73 Å². The third-order valence-corrected chi connectivity index (χ3v) is 10.8. The van der Waals surface area contributed by atoms with Crippen LogP contribution < -0.4 is 25.3 Å². The lowest BCUT2D eigenvalue weighted by Crippen LogP contribution is -2.68. The van der Waals surface area contributed by atoms with Crippen molar-refractivity contribution in [2.45, 2.75) is 74.3 Å². The zero-order valence-electron chi connectivity index (χ0n) is 33.1. The standard InChI is InChI=1S/C43H42ClN3O13/c1-21-39(52)46-34-26(17-25(54-6)18-30(34)56-21)40(53)57-31-20-55-33(49)19-28(45)23-15-27(44)37(29(48)16-23)58-32-11-7-9-22(31)12-13-24-10-8-14-43(24,32)60-41-36(51)35(50)38(47(4)5)42(2,3)59-41/h8-10,14-18,28,31-32,35-36,38,41,48,50-51H,1,19-20,45H2,2-6H3,(H,46,52)/b22-9+/t28-,31-,32+,35?,36?,38?,41?,43+/m0/s1. The summed E-state index contributed by atoms with van der Waals surface area (Å²) in [5, 5.41) is 36.6. The Kier molecular flexibility index (Phi) is 11.5. The lowest BCUT2D eigenvalue weighted by molar-refractivity contribution is -0.329. The Bertz CT molecular complexity index is 2360. The number of phenolic OH excluding ortho intramolecular Hbond substituents is 1. The number of hydrogen-bond donors (Lipinski definition) is 5. The summed E-state index contributed by atoms with van der Waals surface area (Å²) in [5.74, 6) is 8.83. The summed E-state index contributed by atoms with van der Waals surface area (Å²) in [5.41, 5.74) is 3.86. The van der Waals surface area contributed by atoms with Gasteiger partial charge in [-0.1, -0.05) is 42.0 Å². The summed E-state index contributed by atoms with van der Waals surface area (Å²) in [6, 6.07) is 3.83. The van der Waals surface area contributed by atoms with Crippen LogP contribution in [0.4, 0.5) is 5.69 Å². The predicted octanol–water partition coefficient (Wildman–Crippen LogP) is 2.80. The van der Waals surface area contributed by atoms with E-state index in [-0.39, 0.29) is 62.4 Å². The lowest BCUT2D eigenvalue weighted by atomic mass is 9.85. The van der Waals surface area contributed by atoms with Crippen LogP contribution in [0.5, 0.6) is 23.0 Å². The molecule has 8 atom stereocenters. The summed E-state index contributed by atoms with van der Waals surface area (Å²) in [7, 11) is 4.87. The van der Waals surface area contributed by atoms with Gasteiger partial charge in [0, 0.05) is 23.8 Å². The number of aromatic hydroxyl groups is 1. The number of benzene rings is 2. The Morgan fingerprint density at radius 3 is 2.62 bits per heavy atom. The van der Waals surface area contributed by atoms with Crippen molar-refractivity contribution < 1.29 is 62.9 Å². The van der Waals surface area contributed by atoms with Crippen LogP contribution in [-0.2, 0) is 28.5 Å². The van der Waals surface area contributed by atoms with E-state index in [1.807, 2.05) is 0 Å². The van der Waals surface area contributed by atoms with E-state index in [1.54, 1.807) is 51.1 Å². The maximum atomic E-state index is 14.1. The van der Waals surface area contributed by atoms with E-state index in [4.69, 9.17) is 50.5 Å². The van der Waals surface area contributed by atoms with Crippen molar-refractivity contribution in [1.82, 2.24) is 4.90 Å². The molecule has 1 fully saturated rings. The van der Waals surface area contributed by atoms with E-state index in [0.717, 1.165) is 0 Å². The number of nitrogens with two attached hydrogens (primary N) is 1. The number of amides is 1. The maximum Gasteiger partial charge on any atom is 0.341 e. The number of anilines is 1. The van der Waals surface area contributed by atoms with E-state index in [0.29, 0.717) is 0 Å². The van der Waals surface area contributed by atoms with Crippen LogP contribution in [0.25, 0.3) is 0 Å². The quantitative estimate of drug-likeness (QED) is 0.161. The second-order valence-corrected chi connectivity index (χ2v) is 15.6. The maximum absolute atomic E-state index is 14.1. The molecule has 17 heteroatoms. The Hall–Kier alpha value is -5.82. The van der Waals surface area contributed by atoms with Crippen molar-refractivity contribution in [3.8, 4) is 46.7 Å². The summed E-state index contributed by atoms with van der Waals surface area (Å²) in [6.45, 7) is 6.50. The van der Waals surface area contributed by atoms with Gasteiger partial charge in [0.15, 0.2) is 47.1 Å². The number of likely N-dealkylation sites (N-methyl/N-ethyl adjacent to an activating group) is 1. The number of hydrogen-bond acceptors (Lipinski definition) is 15. The number of methoxy groups -OCH3 is 1. The molecule has 6 aliphatic rings. The van der Waals surface area contributed by atoms with Gasteiger partial charge in [-0.2, -0.15) is 0 Å². The third kappa shape index (κ3) is 7.94. The van der Waals surface area contributed by atoms with Gasteiger partial charge in [0.25, 0.3) is 5.91 Å². The molecule has 2 aromatic carbocycles. The topological polar surface area (TPSA) is 218 Å². The average molecular weight is 844 g/mol. The van der Waals surface area contributed by atoms with Crippen molar-refractivity contribution in [2.75, 3.05) is 33.1 Å². The zero-order chi connectivity index (χ0) is 43.3. The van der Waals surface area contributed by atoms with Gasteiger partial charge in [-0.05, 0) is 69.8 Å². The number of carbonyl (C=O) groups excluding carboxylic acids is 3. The predicted molar refractivity (Wildman–Crippen MR) is 214 cm³/mol. The Morgan fingerprint density at radius 1 is 1.13 bits per heavy atom. The lowest BCUT2D eigenvalue weighted by Gasteiger charge is -2.51. The number of aliphatic hydroxyl groups is 2. The largest absolute Gasteiger partial charge is 0.504 e. The minimum Gasteiger partial charge on any atom is -0.504 e. The van der Waals surface area contributed by atoms with Gasteiger partial charge in [0.2, 0.25) is 0 Å². The molecule has 0 radical (unpaired) electrons. The summed E-state index contributed by atoms with van der Waals surface area (Å²) in [4.78, 5) is 41.6. The average Bonchev–Trinajstić information content (AvgIpc) is 3.60. The second-order valence-electron chi connectivity index (χ2n) is 15.2. The molecule has 4 heterocycles. The number of esters is 2. The molecule has 1 amide bonds. The number of nitrogens with one attached hydrogen (secondary N) is 1. The van der Waals surface area contributed by atoms with E-state index in [2.05, 4.69) is 35.6 Å². The molecule has 4 unspecified atom stereocenters. The highest BCUT2D eigenvalue weighted by Crippen LogP contribution is 2.44. The van der Waals surface area contributed by atoms with Gasteiger partial charge < -0.3 is 64.4 Å². The normalized spacial score (nSPS) is 29.9. The molecule has 1 saturated heterocycles. The Balaban J connectivity index is 1.34.